The highest BCUT2D eigenvalue weighted by molar-refractivity contribution is 5.79. The summed E-state index contributed by atoms with van der Waals surface area (Å²) in [5.74, 6) is 0.840. The Morgan fingerprint density at radius 2 is 2.00 bits per heavy atom. The van der Waals surface area contributed by atoms with Gasteiger partial charge in [0, 0.05) is 23.5 Å². The topological polar surface area (TPSA) is 43.6 Å². The fraction of sp³-hybridized carbons (Fsp3) is 0.154. The van der Waals surface area contributed by atoms with Crippen LogP contribution < -0.4 is 0 Å². The molecule has 0 saturated carbocycles. The van der Waals surface area contributed by atoms with Crippen LogP contribution in [0.5, 0.6) is 0 Å². The SMILES string of the molecule is Cc1cc(C)c2ccc(-n3ccnc3)nc2n1. The number of hydrogen-bond acceptors (Lipinski definition) is 3. The van der Waals surface area contributed by atoms with Crippen molar-refractivity contribution < 1.29 is 0 Å². The number of aromatic nitrogens is 4. The van der Waals surface area contributed by atoms with E-state index >= 15 is 0 Å². The molecule has 0 amide bonds. The van der Waals surface area contributed by atoms with E-state index in [1.165, 1.54) is 5.56 Å². The van der Waals surface area contributed by atoms with Gasteiger partial charge in [-0.25, -0.2) is 15.0 Å². The summed E-state index contributed by atoms with van der Waals surface area (Å²) >= 11 is 0. The number of pyridine rings is 2. The lowest BCUT2D eigenvalue weighted by molar-refractivity contribution is 0.997. The van der Waals surface area contributed by atoms with Crippen molar-refractivity contribution in [1.29, 1.82) is 0 Å². The standard InChI is InChI=1S/C13H12N4/c1-9-7-10(2)15-13-11(9)3-4-12(16-13)17-6-5-14-8-17/h3-8H,1-2H3. The normalized spacial score (nSPS) is 10.9. The summed E-state index contributed by atoms with van der Waals surface area (Å²) in [7, 11) is 0. The maximum Gasteiger partial charge on any atom is 0.162 e. The number of rotatable bonds is 1. The van der Waals surface area contributed by atoms with E-state index in [0.717, 1.165) is 22.5 Å². The molecule has 0 N–H and O–H groups in total. The zero-order chi connectivity index (χ0) is 11.8. The van der Waals surface area contributed by atoms with Crippen molar-refractivity contribution >= 4 is 11.0 Å². The fourth-order valence-corrected chi connectivity index (χ4v) is 1.96. The molecule has 0 unspecified atom stereocenters. The molecule has 84 valence electrons. The molecule has 3 rings (SSSR count). The lowest BCUT2D eigenvalue weighted by Gasteiger charge is -2.05. The van der Waals surface area contributed by atoms with Gasteiger partial charge >= 0.3 is 0 Å². The molecule has 3 heterocycles. The monoisotopic (exact) mass is 224 g/mol. The van der Waals surface area contributed by atoms with Gasteiger partial charge in [-0.15, -0.1) is 0 Å². The third kappa shape index (κ3) is 1.67. The van der Waals surface area contributed by atoms with Crippen LogP contribution in [0.15, 0.2) is 36.9 Å². The first-order valence-corrected chi connectivity index (χ1v) is 5.47. The minimum Gasteiger partial charge on any atom is -0.290 e. The van der Waals surface area contributed by atoms with Crippen LogP contribution in [0.3, 0.4) is 0 Å². The highest BCUT2D eigenvalue weighted by Gasteiger charge is 2.04. The van der Waals surface area contributed by atoms with E-state index in [-0.39, 0.29) is 0 Å². The van der Waals surface area contributed by atoms with Crippen LogP contribution in [-0.4, -0.2) is 19.5 Å². The van der Waals surface area contributed by atoms with Gasteiger partial charge in [0.1, 0.15) is 12.1 Å². The molecule has 4 nitrogen and oxygen atoms in total. The van der Waals surface area contributed by atoms with Gasteiger partial charge in [0.25, 0.3) is 0 Å². The van der Waals surface area contributed by atoms with Crippen molar-refractivity contribution in [3.8, 4) is 5.82 Å². The van der Waals surface area contributed by atoms with Crippen molar-refractivity contribution in [2.75, 3.05) is 0 Å². The Bertz CT molecular complexity index is 671. The molecule has 0 saturated heterocycles. The van der Waals surface area contributed by atoms with Gasteiger partial charge in [0.15, 0.2) is 5.65 Å². The van der Waals surface area contributed by atoms with Gasteiger partial charge in [0.05, 0.1) is 0 Å². The van der Waals surface area contributed by atoms with Crippen LogP contribution in [0.2, 0.25) is 0 Å². The second-order valence-electron chi connectivity index (χ2n) is 4.09. The Balaban J connectivity index is 2.26. The number of nitrogens with zero attached hydrogens (tertiary/aromatic N) is 4. The summed E-state index contributed by atoms with van der Waals surface area (Å²) in [4.78, 5) is 13.0. The summed E-state index contributed by atoms with van der Waals surface area (Å²) in [6, 6.07) is 6.11. The fourth-order valence-electron chi connectivity index (χ4n) is 1.96. The third-order valence-electron chi connectivity index (χ3n) is 2.76. The summed E-state index contributed by atoms with van der Waals surface area (Å²) in [5.41, 5.74) is 2.98. The summed E-state index contributed by atoms with van der Waals surface area (Å²) < 4.78 is 1.87. The maximum absolute atomic E-state index is 4.55. The average Bonchev–Trinajstić information content (AvgIpc) is 2.81. The van der Waals surface area contributed by atoms with E-state index in [9.17, 15) is 0 Å². The van der Waals surface area contributed by atoms with Gasteiger partial charge in [-0.1, -0.05) is 0 Å². The molecule has 3 aromatic heterocycles. The Labute approximate surface area is 99.0 Å². The number of hydrogen-bond donors (Lipinski definition) is 0. The molecule has 4 heteroatoms. The Hall–Kier alpha value is -2.23. The van der Waals surface area contributed by atoms with Crippen LogP contribution in [0.1, 0.15) is 11.3 Å². The average molecular weight is 224 g/mol. The van der Waals surface area contributed by atoms with E-state index in [1.807, 2.05) is 23.8 Å². The van der Waals surface area contributed by atoms with Gasteiger partial charge in [-0.3, -0.25) is 4.57 Å². The molecule has 0 atom stereocenters. The van der Waals surface area contributed by atoms with E-state index < -0.39 is 0 Å². The van der Waals surface area contributed by atoms with Crippen molar-refractivity contribution in [1.82, 2.24) is 19.5 Å². The van der Waals surface area contributed by atoms with Crippen molar-refractivity contribution in [2.24, 2.45) is 0 Å². The lowest BCUT2D eigenvalue weighted by atomic mass is 10.1. The molecule has 0 aliphatic rings. The van der Waals surface area contributed by atoms with Gasteiger partial charge in [-0.05, 0) is 37.6 Å². The van der Waals surface area contributed by atoms with E-state index in [0.29, 0.717) is 0 Å². The molecule has 17 heavy (non-hydrogen) atoms. The molecular weight excluding hydrogens is 212 g/mol. The Morgan fingerprint density at radius 1 is 1.12 bits per heavy atom. The highest BCUT2D eigenvalue weighted by Crippen LogP contribution is 2.17. The second-order valence-corrected chi connectivity index (χ2v) is 4.09. The van der Waals surface area contributed by atoms with Crippen LogP contribution in [-0.2, 0) is 0 Å². The predicted octanol–water partition coefficient (Wildman–Crippen LogP) is 2.43. The first kappa shape index (κ1) is 9.96. The Morgan fingerprint density at radius 3 is 2.76 bits per heavy atom. The highest BCUT2D eigenvalue weighted by atomic mass is 15.1. The predicted molar refractivity (Wildman–Crippen MR) is 66.1 cm³/mol. The molecule has 0 fully saturated rings. The smallest absolute Gasteiger partial charge is 0.162 e. The second kappa shape index (κ2) is 3.66. The Kier molecular flexibility index (Phi) is 2.14. The zero-order valence-corrected chi connectivity index (χ0v) is 9.75. The van der Waals surface area contributed by atoms with Crippen molar-refractivity contribution in [3.63, 3.8) is 0 Å². The number of aryl methyl sites for hydroxylation is 2. The van der Waals surface area contributed by atoms with Crippen molar-refractivity contribution in [3.05, 3.63) is 48.2 Å². The minimum atomic E-state index is 0.786. The number of imidazole rings is 1. The minimum absolute atomic E-state index is 0.786. The molecular formula is C13H12N4. The molecule has 0 spiro atoms. The quantitative estimate of drug-likeness (QED) is 0.637. The summed E-state index contributed by atoms with van der Waals surface area (Å²) in [6.07, 6.45) is 5.34. The van der Waals surface area contributed by atoms with Crippen LogP contribution in [0, 0.1) is 13.8 Å². The molecule has 0 aliphatic heterocycles. The third-order valence-corrected chi connectivity index (χ3v) is 2.76. The molecule has 0 bridgehead atoms. The molecule has 0 aliphatic carbocycles. The van der Waals surface area contributed by atoms with E-state index in [2.05, 4.69) is 34.0 Å². The molecule has 0 aromatic carbocycles. The first-order chi connectivity index (χ1) is 8.24. The molecule has 0 radical (unpaired) electrons. The zero-order valence-electron chi connectivity index (χ0n) is 9.75. The number of fused-ring (bicyclic) bond motifs is 1. The molecule has 3 aromatic rings. The lowest BCUT2D eigenvalue weighted by Crippen LogP contribution is -1.97. The first-order valence-electron chi connectivity index (χ1n) is 5.47. The van der Waals surface area contributed by atoms with Gasteiger partial charge < -0.3 is 0 Å². The summed E-state index contributed by atoms with van der Waals surface area (Å²) in [5, 5.41) is 1.10. The van der Waals surface area contributed by atoms with Crippen molar-refractivity contribution in [2.45, 2.75) is 13.8 Å². The van der Waals surface area contributed by atoms with Gasteiger partial charge in [-0.2, -0.15) is 0 Å². The van der Waals surface area contributed by atoms with Crippen LogP contribution in [0.25, 0.3) is 16.9 Å². The van der Waals surface area contributed by atoms with Gasteiger partial charge in [0.2, 0.25) is 0 Å². The summed E-state index contributed by atoms with van der Waals surface area (Å²) in [6.45, 7) is 4.06. The largest absolute Gasteiger partial charge is 0.290 e. The van der Waals surface area contributed by atoms with E-state index in [1.54, 1.807) is 12.5 Å². The van der Waals surface area contributed by atoms with Crippen LogP contribution in [0.4, 0.5) is 0 Å². The maximum atomic E-state index is 4.55. The van der Waals surface area contributed by atoms with E-state index in [4.69, 9.17) is 0 Å². The van der Waals surface area contributed by atoms with Crippen LogP contribution >= 0.6 is 0 Å².